The van der Waals surface area contributed by atoms with E-state index in [9.17, 15) is 4.79 Å². The third-order valence-corrected chi connectivity index (χ3v) is 6.74. The standard InChI is InChI=1S/C23H24Cl2N4O2S/c1-15(17-4-2-5-19(25)12-17)26-21(30)14-32-23-28-27-22(16-7-9-18(24)10-8-16)29(23)13-20-6-3-11-31-20/h2,4-5,7-10,12,15,20H,3,6,11,13-14H2,1H3,(H,26,30)/t15-,20-/m0/s1. The van der Waals surface area contributed by atoms with E-state index in [4.69, 9.17) is 27.9 Å². The summed E-state index contributed by atoms with van der Waals surface area (Å²) in [5.41, 5.74) is 1.88. The first-order chi connectivity index (χ1) is 15.5. The number of carbonyl (C=O) groups excluding carboxylic acids is 1. The molecule has 2 aromatic carbocycles. The molecule has 9 heteroatoms. The number of thioether (sulfide) groups is 1. The normalized spacial score (nSPS) is 16.8. The number of rotatable bonds is 8. The number of ether oxygens (including phenoxy) is 1. The largest absolute Gasteiger partial charge is 0.376 e. The summed E-state index contributed by atoms with van der Waals surface area (Å²) in [6.45, 7) is 3.36. The van der Waals surface area contributed by atoms with Crippen LogP contribution in [0.15, 0.2) is 53.7 Å². The number of amides is 1. The highest BCUT2D eigenvalue weighted by atomic mass is 35.5. The molecule has 0 bridgehead atoms. The van der Waals surface area contributed by atoms with Crippen molar-refractivity contribution >= 4 is 40.9 Å². The number of hydrogen-bond acceptors (Lipinski definition) is 5. The number of nitrogens with zero attached hydrogens (tertiary/aromatic N) is 3. The molecule has 1 N–H and O–H groups in total. The van der Waals surface area contributed by atoms with E-state index in [0.717, 1.165) is 36.4 Å². The smallest absolute Gasteiger partial charge is 0.230 e. The zero-order chi connectivity index (χ0) is 22.5. The molecule has 3 aromatic rings. The fraction of sp³-hybridized carbons (Fsp3) is 0.348. The number of hydrogen-bond donors (Lipinski definition) is 1. The predicted molar refractivity (Wildman–Crippen MR) is 128 cm³/mol. The van der Waals surface area contributed by atoms with Crippen LogP contribution >= 0.6 is 35.0 Å². The molecular weight excluding hydrogens is 467 g/mol. The summed E-state index contributed by atoms with van der Waals surface area (Å²) < 4.78 is 7.87. The molecule has 2 heterocycles. The quantitative estimate of drug-likeness (QED) is 0.428. The van der Waals surface area contributed by atoms with Gasteiger partial charge in [0.2, 0.25) is 5.91 Å². The fourth-order valence-electron chi connectivity index (χ4n) is 3.64. The molecule has 0 aliphatic carbocycles. The molecule has 1 aliphatic rings. The predicted octanol–water partition coefficient (Wildman–Crippen LogP) is 5.40. The Hall–Kier alpha value is -2.06. The molecule has 2 atom stereocenters. The zero-order valence-corrected chi connectivity index (χ0v) is 20.0. The summed E-state index contributed by atoms with van der Waals surface area (Å²) in [7, 11) is 0. The summed E-state index contributed by atoms with van der Waals surface area (Å²) in [6.07, 6.45) is 2.17. The number of aromatic nitrogens is 3. The van der Waals surface area contributed by atoms with Gasteiger partial charge in [-0.25, -0.2) is 0 Å². The molecule has 0 spiro atoms. The van der Waals surface area contributed by atoms with Gasteiger partial charge in [-0.1, -0.05) is 47.1 Å². The highest BCUT2D eigenvalue weighted by Gasteiger charge is 2.22. The van der Waals surface area contributed by atoms with Gasteiger partial charge in [0.25, 0.3) is 0 Å². The number of nitrogens with one attached hydrogen (secondary N) is 1. The molecule has 1 amide bonds. The molecule has 4 rings (SSSR count). The van der Waals surface area contributed by atoms with Crippen molar-refractivity contribution in [3.63, 3.8) is 0 Å². The van der Waals surface area contributed by atoms with Gasteiger partial charge in [0.15, 0.2) is 11.0 Å². The van der Waals surface area contributed by atoms with Crippen LogP contribution in [0, 0.1) is 0 Å². The lowest BCUT2D eigenvalue weighted by molar-refractivity contribution is -0.119. The molecule has 1 aromatic heterocycles. The van der Waals surface area contributed by atoms with Crippen molar-refractivity contribution < 1.29 is 9.53 Å². The van der Waals surface area contributed by atoms with Crippen LogP contribution in [-0.2, 0) is 16.1 Å². The number of carbonyl (C=O) groups is 1. The Morgan fingerprint density at radius 2 is 2.03 bits per heavy atom. The van der Waals surface area contributed by atoms with Crippen LogP contribution in [0.1, 0.15) is 31.4 Å². The Morgan fingerprint density at radius 3 is 2.75 bits per heavy atom. The monoisotopic (exact) mass is 490 g/mol. The third kappa shape index (κ3) is 5.84. The second kappa shape index (κ2) is 10.7. The lowest BCUT2D eigenvalue weighted by Crippen LogP contribution is -2.28. The van der Waals surface area contributed by atoms with Crippen LogP contribution in [-0.4, -0.2) is 39.1 Å². The summed E-state index contributed by atoms with van der Waals surface area (Å²) in [5.74, 6) is 0.893. The lowest BCUT2D eigenvalue weighted by atomic mass is 10.1. The summed E-state index contributed by atoms with van der Waals surface area (Å²) >= 11 is 13.5. The molecule has 1 saturated heterocycles. The highest BCUT2D eigenvalue weighted by Crippen LogP contribution is 2.27. The minimum Gasteiger partial charge on any atom is -0.376 e. The number of halogens is 2. The minimum atomic E-state index is -0.142. The molecule has 32 heavy (non-hydrogen) atoms. The fourth-order valence-corrected chi connectivity index (χ4v) is 4.72. The van der Waals surface area contributed by atoms with Gasteiger partial charge in [0, 0.05) is 22.2 Å². The van der Waals surface area contributed by atoms with Crippen LogP contribution < -0.4 is 5.32 Å². The van der Waals surface area contributed by atoms with Gasteiger partial charge in [0.05, 0.1) is 24.4 Å². The summed E-state index contributed by atoms with van der Waals surface area (Å²) in [6, 6.07) is 14.9. The highest BCUT2D eigenvalue weighted by molar-refractivity contribution is 7.99. The van der Waals surface area contributed by atoms with Crippen molar-refractivity contribution in [1.29, 1.82) is 0 Å². The Kier molecular flexibility index (Phi) is 7.73. The third-order valence-electron chi connectivity index (χ3n) is 5.29. The molecule has 168 valence electrons. The van der Waals surface area contributed by atoms with Gasteiger partial charge >= 0.3 is 0 Å². The van der Waals surface area contributed by atoms with Gasteiger partial charge in [-0.05, 0) is 61.7 Å². The molecule has 0 unspecified atom stereocenters. The average molecular weight is 491 g/mol. The first-order valence-corrected chi connectivity index (χ1v) is 12.2. The summed E-state index contributed by atoms with van der Waals surface area (Å²) in [4.78, 5) is 12.6. The van der Waals surface area contributed by atoms with E-state index >= 15 is 0 Å². The summed E-state index contributed by atoms with van der Waals surface area (Å²) in [5, 5.41) is 13.8. The van der Waals surface area contributed by atoms with E-state index in [2.05, 4.69) is 15.5 Å². The van der Waals surface area contributed by atoms with E-state index in [0.29, 0.717) is 21.7 Å². The van der Waals surface area contributed by atoms with Crippen molar-refractivity contribution in [3.05, 3.63) is 64.1 Å². The van der Waals surface area contributed by atoms with E-state index in [1.54, 1.807) is 0 Å². The average Bonchev–Trinajstić information content (AvgIpc) is 3.43. The maximum absolute atomic E-state index is 12.6. The van der Waals surface area contributed by atoms with Gasteiger partial charge in [-0.15, -0.1) is 10.2 Å². The van der Waals surface area contributed by atoms with Crippen molar-refractivity contribution in [3.8, 4) is 11.4 Å². The second-order valence-corrected chi connectivity index (χ2v) is 9.51. The Balaban J connectivity index is 1.46. The molecule has 6 nitrogen and oxygen atoms in total. The van der Waals surface area contributed by atoms with E-state index in [-0.39, 0.29) is 23.8 Å². The molecule has 0 radical (unpaired) electrons. The van der Waals surface area contributed by atoms with Gasteiger partial charge in [0.1, 0.15) is 0 Å². The molecule has 0 saturated carbocycles. The van der Waals surface area contributed by atoms with Gasteiger partial charge < -0.3 is 10.1 Å². The Labute approximate surface area is 201 Å². The van der Waals surface area contributed by atoms with Crippen LogP contribution in [0.5, 0.6) is 0 Å². The van der Waals surface area contributed by atoms with E-state index in [1.165, 1.54) is 11.8 Å². The Morgan fingerprint density at radius 1 is 1.22 bits per heavy atom. The topological polar surface area (TPSA) is 69.0 Å². The lowest BCUT2D eigenvalue weighted by Gasteiger charge is -2.16. The maximum atomic E-state index is 12.6. The Bertz CT molecular complexity index is 1070. The molecule has 1 aliphatic heterocycles. The van der Waals surface area contributed by atoms with Crippen molar-refractivity contribution in [2.45, 2.75) is 43.6 Å². The van der Waals surface area contributed by atoms with E-state index in [1.807, 2.05) is 60.0 Å². The van der Waals surface area contributed by atoms with E-state index < -0.39 is 0 Å². The van der Waals surface area contributed by atoms with Gasteiger partial charge in [-0.2, -0.15) is 0 Å². The van der Waals surface area contributed by atoms with Crippen LogP contribution in [0.25, 0.3) is 11.4 Å². The van der Waals surface area contributed by atoms with Crippen molar-refractivity contribution in [2.75, 3.05) is 12.4 Å². The first-order valence-electron chi connectivity index (χ1n) is 10.5. The van der Waals surface area contributed by atoms with Crippen LogP contribution in [0.3, 0.4) is 0 Å². The van der Waals surface area contributed by atoms with Crippen LogP contribution in [0.2, 0.25) is 10.0 Å². The first kappa shape index (κ1) is 23.1. The second-order valence-electron chi connectivity index (χ2n) is 7.69. The molecular formula is C23H24Cl2N4O2S. The minimum absolute atomic E-state index is 0.0813. The van der Waals surface area contributed by atoms with Crippen molar-refractivity contribution in [2.24, 2.45) is 0 Å². The molecule has 1 fully saturated rings. The zero-order valence-electron chi connectivity index (χ0n) is 17.6. The van der Waals surface area contributed by atoms with Crippen LogP contribution in [0.4, 0.5) is 0 Å². The maximum Gasteiger partial charge on any atom is 0.230 e. The SMILES string of the molecule is C[C@H](NC(=O)CSc1nnc(-c2ccc(Cl)cc2)n1C[C@@H]1CCCO1)c1cccc(Cl)c1. The number of benzene rings is 2. The van der Waals surface area contributed by atoms with Gasteiger partial charge in [-0.3, -0.25) is 9.36 Å². The van der Waals surface area contributed by atoms with Crippen molar-refractivity contribution in [1.82, 2.24) is 20.1 Å².